The van der Waals surface area contributed by atoms with Crippen molar-refractivity contribution in [3.63, 3.8) is 0 Å². The van der Waals surface area contributed by atoms with Gasteiger partial charge in [0.15, 0.2) is 0 Å². The molecule has 72 valence electrons. The van der Waals surface area contributed by atoms with E-state index < -0.39 is 12.0 Å². The molecule has 0 fully saturated rings. The van der Waals surface area contributed by atoms with Gasteiger partial charge in [-0.3, -0.25) is 4.79 Å². The van der Waals surface area contributed by atoms with Gasteiger partial charge >= 0.3 is 5.97 Å². The van der Waals surface area contributed by atoms with Crippen LogP contribution in [-0.4, -0.2) is 27.9 Å². The minimum Gasteiger partial charge on any atom is -0.480 e. The SMILES string of the molecule is N[C@H](CSCc1nccs1)C(=O)O. The van der Waals surface area contributed by atoms with Crippen molar-refractivity contribution in [3.05, 3.63) is 16.6 Å². The number of nitrogens with zero attached hydrogens (tertiary/aromatic N) is 1. The molecule has 0 radical (unpaired) electrons. The van der Waals surface area contributed by atoms with Crippen LogP contribution in [0.4, 0.5) is 0 Å². The van der Waals surface area contributed by atoms with Gasteiger partial charge in [0.2, 0.25) is 0 Å². The van der Waals surface area contributed by atoms with Crippen molar-refractivity contribution in [1.29, 1.82) is 0 Å². The smallest absolute Gasteiger partial charge is 0.321 e. The molecule has 0 aliphatic heterocycles. The van der Waals surface area contributed by atoms with Gasteiger partial charge < -0.3 is 10.8 Å². The number of aliphatic carboxylic acids is 1. The predicted octanol–water partition coefficient (Wildman–Crippen LogP) is 0.788. The van der Waals surface area contributed by atoms with E-state index in [1.165, 1.54) is 11.8 Å². The summed E-state index contributed by atoms with van der Waals surface area (Å²) >= 11 is 3.05. The highest BCUT2D eigenvalue weighted by Gasteiger charge is 2.10. The average Bonchev–Trinajstić information content (AvgIpc) is 2.56. The molecule has 0 aliphatic carbocycles. The van der Waals surface area contributed by atoms with E-state index in [1.54, 1.807) is 17.5 Å². The molecule has 0 unspecified atom stereocenters. The molecule has 4 nitrogen and oxygen atoms in total. The Morgan fingerprint density at radius 3 is 3.15 bits per heavy atom. The molecule has 0 saturated heterocycles. The number of carboxylic acids is 1. The molecule has 1 heterocycles. The topological polar surface area (TPSA) is 76.2 Å². The summed E-state index contributed by atoms with van der Waals surface area (Å²) in [6, 6.07) is -0.773. The minimum absolute atomic E-state index is 0.426. The summed E-state index contributed by atoms with van der Waals surface area (Å²) in [4.78, 5) is 14.4. The van der Waals surface area contributed by atoms with Crippen molar-refractivity contribution in [2.45, 2.75) is 11.8 Å². The Hall–Kier alpha value is -0.590. The van der Waals surface area contributed by atoms with Crippen molar-refractivity contribution < 1.29 is 9.90 Å². The second-order valence-corrected chi connectivity index (χ2v) is 4.40. The minimum atomic E-state index is -0.952. The van der Waals surface area contributed by atoms with Crippen molar-refractivity contribution in [3.8, 4) is 0 Å². The van der Waals surface area contributed by atoms with Crippen LogP contribution in [-0.2, 0) is 10.5 Å². The van der Waals surface area contributed by atoms with E-state index in [2.05, 4.69) is 4.98 Å². The molecular weight excluding hydrogens is 208 g/mol. The van der Waals surface area contributed by atoms with E-state index in [-0.39, 0.29) is 0 Å². The first-order valence-corrected chi connectivity index (χ1v) is 5.68. The Kier molecular flexibility index (Phi) is 4.20. The van der Waals surface area contributed by atoms with Gasteiger partial charge in [0.1, 0.15) is 11.0 Å². The van der Waals surface area contributed by atoms with Crippen molar-refractivity contribution in [2.75, 3.05) is 5.75 Å². The van der Waals surface area contributed by atoms with E-state index in [0.29, 0.717) is 5.75 Å². The molecule has 0 saturated carbocycles. The van der Waals surface area contributed by atoms with Gasteiger partial charge in [0, 0.05) is 23.1 Å². The normalized spacial score (nSPS) is 12.7. The maximum absolute atomic E-state index is 10.3. The van der Waals surface area contributed by atoms with Gasteiger partial charge in [-0.1, -0.05) is 0 Å². The zero-order valence-corrected chi connectivity index (χ0v) is 8.48. The maximum atomic E-state index is 10.3. The number of aromatic nitrogens is 1. The van der Waals surface area contributed by atoms with Gasteiger partial charge in [-0.05, 0) is 0 Å². The van der Waals surface area contributed by atoms with E-state index >= 15 is 0 Å². The van der Waals surface area contributed by atoms with Crippen LogP contribution in [0.25, 0.3) is 0 Å². The number of carbonyl (C=O) groups is 1. The van der Waals surface area contributed by atoms with Crippen molar-refractivity contribution >= 4 is 29.1 Å². The van der Waals surface area contributed by atoms with Crippen LogP contribution < -0.4 is 5.73 Å². The fourth-order valence-electron chi connectivity index (χ4n) is 0.669. The third-order valence-corrected chi connectivity index (χ3v) is 3.36. The summed E-state index contributed by atoms with van der Waals surface area (Å²) in [7, 11) is 0. The van der Waals surface area contributed by atoms with E-state index in [1.807, 2.05) is 5.38 Å². The highest BCUT2D eigenvalue weighted by Crippen LogP contribution is 2.14. The average molecular weight is 218 g/mol. The van der Waals surface area contributed by atoms with E-state index in [0.717, 1.165) is 10.8 Å². The standard InChI is InChI=1S/C7H10N2O2S2/c8-5(7(10)11)3-12-4-6-9-1-2-13-6/h1-2,5H,3-4,8H2,(H,10,11)/t5-/m1/s1. The number of hydrogen-bond acceptors (Lipinski definition) is 5. The third-order valence-electron chi connectivity index (χ3n) is 1.32. The molecule has 1 rings (SSSR count). The summed E-state index contributed by atoms with van der Waals surface area (Å²) in [5.74, 6) is 0.208. The lowest BCUT2D eigenvalue weighted by Gasteiger charge is -2.03. The Labute approximate surface area is 84.2 Å². The number of hydrogen-bond donors (Lipinski definition) is 2. The monoisotopic (exact) mass is 218 g/mol. The van der Waals surface area contributed by atoms with Crippen molar-refractivity contribution in [1.82, 2.24) is 4.98 Å². The van der Waals surface area contributed by atoms with Crippen LogP contribution in [0.1, 0.15) is 5.01 Å². The number of rotatable bonds is 5. The zero-order chi connectivity index (χ0) is 9.68. The fraction of sp³-hybridized carbons (Fsp3) is 0.429. The first-order chi connectivity index (χ1) is 6.20. The Morgan fingerprint density at radius 1 is 1.85 bits per heavy atom. The fourth-order valence-corrected chi connectivity index (χ4v) is 2.35. The molecular formula is C7H10N2O2S2. The molecule has 6 heteroatoms. The second kappa shape index (κ2) is 5.21. The summed E-state index contributed by atoms with van der Waals surface area (Å²) in [5, 5.41) is 11.4. The molecule has 0 aromatic carbocycles. The number of nitrogens with two attached hydrogens (primary N) is 1. The predicted molar refractivity (Wildman–Crippen MR) is 53.9 cm³/mol. The van der Waals surface area contributed by atoms with Crippen LogP contribution in [0, 0.1) is 0 Å². The molecule has 0 aliphatic rings. The summed E-state index contributed by atoms with van der Waals surface area (Å²) < 4.78 is 0. The van der Waals surface area contributed by atoms with Gasteiger partial charge in [-0.25, -0.2) is 4.98 Å². The molecule has 3 N–H and O–H groups in total. The zero-order valence-electron chi connectivity index (χ0n) is 6.84. The van der Waals surface area contributed by atoms with Crippen LogP contribution in [0.5, 0.6) is 0 Å². The van der Waals surface area contributed by atoms with E-state index in [9.17, 15) is 4.79 Å². The van der Waals surface area contributed by atoms with Crippen LogP contribution >= 0.6 is 23.1 Å². The molecule has 0 spiro atoms. The van der Waals surface area contributed by atoms with Crippen LogP contribution in [0.15, 0.2) is 11.6 Å². The molecule has 1 aromatic rings. The summed E-state index contributed by atoms with van der Waals surface area (Å²) in [6.07, 6.45) is 1.73. The maximum Gasteiger partial charge on any atom is 0.321 e. The van der Waals surface area contributed by atoms with Gasteiger partial charge in [-0.2, -0.15) is 11.8 Å². The first-order valence-electron chi connectivity index (χ1n) is 3.64. The lowest BCUT2D eigenvalue weighted by atomic mass is 10.4. The lowest BCUT2D eigenvalue weighted by Crippen LogP contribution is -2.32. The third kappa shape index (κ3) is 3.75. The molecule has 1 aromatic heterocycles. The highest BCUT2D eigenvalue weighted by atomic mass is 32.2. The summed E-state index contributed by atoms with van der Waals surface area (Å²) in [5.41, 5.74) is 5.32. The van der Waals surface area contributed by atoms with Gasteiger partial charge in [0.25, 0.3) is 0 Å². The Bertz CT molecular complexity index is 263. The number of thioether (sulfide) groups is 1. The Morgan fingerprint density at radius 2 is 2.62 bits per heavy atom. The molecule has 0 amide bonds. The van der Waals surface area contributed by atoms with Crippen LogP contribution in [0.2, 0.25) is 0 Å². The largest absolute Gasteiger partial charge is 0.480 e. The van der Waals surface area contributed by atoms with E-state index in [4.69, 9.17) is 10.8 Å². The summed E-state index contributed by atoms with van der Waals surface area (Å²) in [6.45, 7) is 0. The highest BCUT2D eigenvalue weighted by molar-refractivity contribution is 7.98. The quantitative estimate of drug-likeness (QED) is 0.764. The number of carboxylic acid groups (broad SMARTS) is 1. The van der Waals surface area contributed by atoms with Crippen molar-refractivity contribution in [2.24, 2.45) is 5.73 Å². The van der Waals surface area contributed by atoms with Crippen LogP contribution in [0.3, 0.4) is 0 Å². The Balaban J connectivity index is 2.18. The second-order valence-electron chi connectivity index (χ2n) is 2.39. The lowest BCUT2D eigenvalue weighted by molar-refractivity contribution is -0.137. The molecule has 1 atom stereocenters. The number of thiazole rings is 1. The molecule has 0 bridgehead atoms. The molecule has 13 heavy (non-hydrogen) atoms. The van der Waals surface area contributed by atoms with Gasteiger partial charge in [0.05, 0.1) is 0 Å². The first kappa shape index (κ1) is 10.5. The van der Waals surface area contributed by atoms with Gasteiger partial charge in [-0.15, -0.1) is 11.3 Å².